The van der Waals surface area contributed by atoms with E-state index in [1.165, 1.54) is 12.8 Å². The molecule has 1 N–H and O–H groups in total. The first-order chi connectivity index (χ1) is 9.24. The Kier molecular flexibility index (Phi) is 3.66. The molecule has 2 heterocycles. The van der Waals surface area contributed by atoms with Gasteiger partial charge in [0.1, 0.15) is 0 Å². The molecule has 0 aromatic carbocycles. The molecule has 2 aliphatic rings. The Morgan fingerprint density at radius 1 is 1.32 bits per heavy atom. The van der Waals surface area contributed by atoms with E-state index in [2.05, 4.69) is 27.1 Å². The van der Waals surface area contributed by atoms with Crippen LogP contribution < -0.4 is 10.2 Å². The van der Waals surface area contributed by atoms with Gasteiger partial charge in [-0.25, -0.2) is 9.37 Å². The van der Waals surface area contributed by atoms with Crippen molar-refractivity contribution < 1.29 is 4.39 Å². The third-order valence-electron chi connectivity index (χ3n) is 3.91. The number of rotatable bonds is 4. The zero-order valence-electron chi connectivity index (χ0n) is 11.4. The fourth-order valence-corrected chi connectivity index (χ4v) is 2.39. The van der Waals surface area contributed by atoms with Crippen LogP contribution in [-0.2, 0) is 6.54 Å². The van der Waals surface area contributed by atoms with E-state index in [9.17, 15) is 4.39 Å². The van der Waals surface area contributed by atoms with E-state index in [0.717, 1.165) is 31.7 Å². The first-order valence-electron chi connectivity index (χ1n) is 7.04. The molecule has 5 heteroatoms. The first-order valence-corrected chi connectivity index (χ1v) is 7.04. The molecule has 1 aliphatic carbocycles. The monoisotopic (exact) mass is 264 g/mol. The lowest BCUT2D eigenvalue weighted by molar-refractivity contribution is 0.310. The average molecular weight is 264 g/mol. The predicted molar refractivity (Wildman–Crippen MR) is 73.8 cm³/mol. The molecule has 1 aromatic rings. The van der Waals surface area contributed by atoms with Crippen LogP contribution in [0.4, 0.5) is 10.2 Å². The molecule has 104 valence electrons. The summed E-state index contributed by atoms with van der Waals surface area (Å²) in [4.78, 5) is 8.54. The summed E-state index contributed by atoms with van der Waals surface area (Å²) in [6.45, 7) is 4.23. The number of aromatic nitrogens is 1. The van der Waals surface area contributed by atoms with Crippen molar-refractivity contribution in [2.75, 3.05) is 38.1 Å². The van der Waals surface area contributed by atoms with Crippen molar-refractivity contribution >= 4 is 5.82 Å². The third kappa shape index (κ3) is 3.04. The largest absolute Gasteiger partial charge is 0.352 e. The molecule has 0 atom stereocenters. The predicted octanol–water partition coefficient (Wildman–Crippen LogP) is 1.22. The highest BCUT2D eigenvalue weighted by atomic mass is 19.1. The van der Waals surface area contributed by atoms with E-state index in [1.54, 1.807) is 12.3 Å². The van der Waals surface area contributed by atoms with Gasteiger partial charge in [0, 0.05) is 50.5 Å². The second kappa shape index (κ2) is 5.43. The zero-order chi connectivity index (χ0) is 13.2. The van der Waals surface area contributed by atoms with Crippen LogP contribution in [0.25, 0.3) is 0 Å². The van der Waals surface area contributed by atoms with Crippen LogP contribution in [0.1, 0.15) is 18.4 Å². The number of piperazine rings is 1. The molecular formula is C14H21FN4. The zero-order valence-corrected chi connectivity index (χ0v) is 11.4. The smallest absolute Gasteiger partial charge is 0.170 e. The Labute approximate surface area is 113 Å². The molecule has 0 unspecified atom stereocenters. The van der Waals surface area contributed by atoms with Gasteiger partial charge in [-0.15, -0.1) is 0 Å². The highest BCUT2D eigenvalue weighted by molar-refractivity contribution is 5.43. The molecule has 19 heavy (non-hydrogen) atoms. The molecular weight excluding hydrogens is 243 g/mol. The summed E-state index contributed by atoms with van der Waals surface area (Å²) in [7, 11) is 2.09. The molecule has 1 saturated carbocycles. The van der Waals surface area contributed by atoms with Crippen molar-refractivity contribution in [2.24, 2.45) is 0 Å². The van der Waals surface area contributed by atoms with Gasteiger partial charge in [0.15, 0.2) is 11.6 Å². The van der Waals surface area contributed by atoms with Crippen LogP contribution in [0.15, 0.2) is 12.3 Å². The lowest BCUT2D eigenvalue weighted by Gasteiger charge is -2.33. The topological polar surface area (TPSA) is 31.4 Å². The minimum absolute atomic E-state index is 0.153. The number of pyridine rings is 1. The minimum atomic E-state index is -0.153. The third-order valence-corrected chi connectivity index (χ3v) is 3.91. The molecule has 1 aliphatic heterocycles. The number of likely N-dealkylation sites (N-methyl/N-ethyl adjacent to an activating group) is 1. The molecule has 0 amide bonds. The summed E-state index contributed by atoms with van der Waals surface area (Å²) in [5.74, 6) is 0.364. The fourth-order valence-electron chi connectivity index (χ4n) is 2.39. The maximum atomic E-state index is 14.5. The molecule has 0 radical (unpaired) electrons. The van der Waals surface area contributed by atoms with Gasteiger partial charge in [-0.1, -0.05) is 0 Å². The first kappa shape index (κ1) is 12.8. The average Bonchev–Trinajstić information content (AvgIpc) is 3.23. The highest BCUT2D eigenvalue weighted by Crippen LogP contribution is 2.23. The van der Waals surface area contributed by atoms with Gasteiger partial charge in [0.05, 0.1) is 0 Å². The van der Waals surface area contributed by atoms with E-state index in [1.807, 2.05) is 0 Å². The van der Waals surface area contributed by atoms with Crippen molar-refractivity contribution in [3.05, 3.63) is 23.6 Å². The quantitative estimate of drug-likeness (QED) is 0.886. The summed E-state index contributed by atoms with van der Waals surface area (Å²) < 4.78 is 14.5. The van der Waals surface area contributed by atoms with Gasteiger partial charge in [0.25, 0.3) is 0 Å². The minimum Gasteiger partial charge on any atom is -0.352 e. The summed E-state index contributed by atoms with van der Waals surface area (Å²) in [5, 5.41) is 3.36. The molecule has 4 nitrogen and oxygen atoms in total. The highest BCUT2D eigenvalue weighted by Gasteiger charge is 2.23. The Morgan fingerprint density at radius 3 is 2.74 bits per heavy atom. The van der Waals surface area contributed by atoms with Crippen LogP contribution in [0.2, 0.25) is 0 Å². The number of hydrogen-bond donors (Lipinski definition) is 1. The summed E-state index contributed by atoms with van der Waals surface area (Å²) in [6, 6.07) is 2.38. The molecule has 0 spiro atoms. The molecule has 0 bridgehead atoms. The Morgan fingerprint density at radius 2 is 2.05 bits per heavy atom. The molecule has 3 rings (SSSR count). The SMILES string of the molecule is CN1CCN(c2nccc(CNC3CC3)c2F)CC1. The number of anilines is 1. The second-order valence-electron chi connectivity index (χ2n) is 5.55. The lowest BCUT2D eigenvalue weighted by atomic mass is 10.2. The van der Waals surface area contributed by atoms with Crippen molar-refractivity contribution in [1.82, 2.24) is 15.2 Å². The van der Waals surface area contributed by atoms with E-state index >= 15 is 0 Å². The second-order valence-corrected chi connectivity index (χ2v) is 5.55. The number of nitrogens with zero attached hydrogens (tertiary/aromatic N) is 3. The van der Waals surface area contributed by atoms with Gasteiger partial charge in [-0.2, -0.15) is 0 Å². The van der Waals surface area contributed by atoms with Crippen molar-refractivity contribution in [1.29, 1.82) is 0 Å². The van der Waals surface area contributed by atoms with Crippen LogP contribution in [0, 0.1) is 5.82 Å². The summed E-state index contributed by atoms with van der Waals surface area (Å²) >= 11 is 0. The maximum Gasteiger partial charge on any atom is 0.170 e. The van der Waals surface area contributed by atoms with Crippen LogP contribution in [0.5, 0.6) is 0 Å². The van der Waals surface area contributed by atoms with Gasteiger partial charge in [0.2, 0.25) is 0 Å². The molecule has 1 aromatic heterocycles. The Balaban J connectivity index is 1.71. The number of hydrogen-bond acceptors (Lipinski definition) is 4. The van der Waals surface area contributed by atoms with Crippen molar-refractivity contribution in [2.45, 2.75) is 25.4 Å². The van der Waals surface area contributed by atoms with Gasteiger partial charge >= 0.3 is 0 Å². The van der Waals surface area contributed by atoms with Crippen LogP contribution >= 0.6 is 0 Å². The van der Waals surface area contributed by atoms with E-state index < -0.39 is 0 Å². The summed E-state index contributed by atoms with van der Waals surface area (Å²) in [6.07, 6.45) is 4.16. The fraction of sp³-hybridized carbons (Fsp3) is 0.643. The lowest BCUT2D eigenvalue weighted by Crippen LogP contribution is -2.45. The van der Waals surface area contributed by atoms with E-state index in [-0.39, 0.29) is 5.82 Å². The Hall–Kier alpha value is -1.20. The van der Waals surface area contributed by atoms with Crippen LogP contribution in [-0.4, -0.2) is 49.2 Å². The van der Waals surface area contributed by atoms with Crippen LogP contribution in [0.3, 0.4) is 0 Å². The molecule has 2 fully saturated rings. The van der Waals surface area contributed by atoms with Crippen molar-refractivity contribution in [3.8, 4) is 0 Å². The van der Waals surface area contributed by atoms with E-state index in [0.29, 0.717) is 18.4 Å². The standard InChI is InChI=1S/C14H21FN4/c1-18-6-8-19(9-7-18)14-13(15)11(4-5-16-14)10-17-12-2-3-12/h4-5,12,17H,2-3,6-10H2,1H3. The maximum absolute atomic E-state index is 14.5. The molecule has 1 saturated heterocycles. The van der Waals surface area contributed by atoms with E-state index in [4.69, 9.17) is 0 Å². The van der Waals surface area contributed by atoms with Gasteiger partial charge in [-0.3, -0.25) is 0 Å². The Bertz CT molecular complexity index is 439. The van der Waals surface area contributed by atoms with Gasteiger partial charge in [-0.05, 0) is 26.0 Å². The number of halogens is 1. The van der Waals surface area contributed by atoms with Gasteiger partial charge < -0.3 is 15.1 Å². The number of nitrogens with one attached hydrogen (secondary N) is 1. The summed E-state index contributed by atoms with van der Waals surface area (Å²) in [5.41, 5.74) is 0.732. The van der Waals surface area contributed by atoms with Crippen molar-refractivity contribution in [3.63, 3.8) is 0 Å². The normalized spacial score (nSPS) is 20.8.